The van der Waals surface area contributed by atoms with Gasteiger partial charge in [0, 0.05) is 5.54 Å². The highest BCUT2D eigenvalue weighted by Crippen LogP contribution is 2.33. The first-order chi connectivity index (χ1) is 7.11. The summed E-state index contributed by atoms with van der Waals surface area (Å²) in [7, 11) is 1.98. The van der Waals surface area contributed by atoms with Gasteiger partial charge in [-0.25, -0.2) is 0 Å². The molecule has 0 amide bonds. The minimum Gasteiger partial charge on any atom is -0.454 e. The second-order valence-corrected chi connectivity index (χ2v) is 4.50. The third kappa shape index (κ3) is 2.23. The van der Waals surface area contributed by atoms with E-state index in [1.807, 2.05) is 13.1 Å². The normalized spacial score (nSPS) is 14.3. The largest absolute Gasteiger partial charge is 0.454 e. The predicted octanol–water partition coefficient (Wildman–Crippen LogP) is 1.96. The highest BCUT2D eigenvalue weighted by molar-refractivity contribution is 5.44. The molecule has 3 nitrogen and oxygen atoms in total. The molecule has 0 fully saturated rings. The zero-order valence-corrected chi connectivity index (χ0v) is 9.46. The van der Waals surface area contributed by atoms with E-state index in [1.54, 1.807) is 0 Å². The zero-order chi connectivity index (χ0) is 10.9. The topological polar surface area (TPSA) is 30.5 Å². The van der Waals surface area contributed by atoms with Gasteiger partial charge in [-0.2, -0.15) is 0 Å². The van der Waals surface area contributed by atoms with Crippen LogP contribution in [0.4, 0.5) is 0 Å². The number of hydrogen-bond acceptors (Lipinski definition) is 3. The maximum atomic E-state index is 5.34. The molecule has 2 rings (SSSR count). The highest BCUT2D eigenvalue weighted by atomic mass is 16.7. The molecule has 0 aliphatic carbocycles. The number of hydrogen-bond donors (Lipinski definition) is 1. The SMILES string of the molecule is CNC(C)(C)Cc1ccc2c(c1)OCO2. The van der Waals surface area contributed by atoms with Crippen LogP contribution >= 0.6 is 0 Å². The van der Waals surface area contributed by atoms with E-state index < -0.39 is 0 Å². The van der Waals surface area contributed by atoms with Crippen LogP contribution in [0.2, 0.25) is 0 Å². The van der Waals surface area contributed by atoms with Gasteiger partial charge in [-0.15, -0.1) is 0 Å². The van der Waals surface area contributed by atoms with Crippen LogP contribution in [0.1, 0.15) is 19.4 Å². The maximum Gasteiger partial charge on any atom is 0.231 e. The summed E-state index contributed by atoms with van der Waals surface area (Å²) < 4.78 is 10.6. The smallest absolute Gasteiger partial charge is 0.231 e. The third-order valence-corrected chi connectivity index (χ3v) is 2.76. The van der Waals surface area contributed by atoms with Crippen molar-refractivity contribution in [3.8, 4) is 11.5 Å². The van der Waals surface area contributed by atoms with Crippen LogP contribution in [0.25, 0.3) is 0 Å². The van der Waals surface area contributed by atoms with E-state index in [2.05, 4.69) is 31.3 Å². The van der Waals surface area contributed by atoms with Crippen molar-refractivity contribution in [2.24, 2.45) is 0 Å². The molecule has 1 aliphatic rings. The molecular formula is C12H17NO2. The Labute approximate surface area is 90.4 Å². The summed E-state index contributed by atoms with van der Waals surface area (Å²) in [6.07, 6.45) is 0.972. The Morgan fingerprint density at radius 3 is 2.73 bits per heavy atom. The number of benzene rings is 1. The Balaban J connectivity index is 2.17. The number of rotatable bonds is 3. The second kappa shape index (κ2) is 3.74. The lowest BCUT2D eigenvalue weighted by Crippen LogP contribution is -2.38. The highest BCUT2D eigenvalue weighted by Gasteiger charge is 2.18. The molecule has 3 heteroatoms. The van der Waals surface area contributed by atoms with Crippen LogP contribution in [0, 0.1) is 0 Å². The molecule has 1 aliphatic heterocycles. The molecule has 0 unspecified atom stereocenters. The molecule has 15 heavy (non-hydrogen) atoms. The quantitative estimate of drug-likeness (QED) is 0.821. The molecule has 1 heterocycles. The van der Waals surface area contributed by atoms with Gasteiger partial charge in [0.25, 0.3) is 0 Å². The number of fused-ring (bicyclic) bond motifs is 1. The lowest BCUT2D eigenvalue weighted by atomic mass is 9.95. The summed E-state index contributed by atoms with van der Waals surface area (Å²) in [5, 5.41) is 3.29. The van der Waals surface area contributed by atoms with Gasteiger partial charge in [0.15, 0.2) is 11.5 Å². The molecular weight excluding hydrogens is 190 g/mol. The number of ether oxygens (including phenoxy) is 2. The van der Waals surface area contributed by atoms with Crippen molar-refractivity contribution in [3.63, 3.8) is 0 Å². The fourth-order valence-electron chi connectivity index (χ4n) is 1.65. The predicted molar refractivity (Wildman–Crippen MR) is 59.4 cm³/mol. The minimum atomic E-state index is 0.105. The number of nitrogens with one attached hydrogen (secondary N) is 1. The number of likely N-dealkylation sites (N-methyl/N-ethyl adjacent to an activating group) is 1. The summed E-state index contributed by atoms with van der Waals surface area (Å²) in [6.45, 7) is 4.70. The van der Waals surface area contributed by atoms with E-state index in [0.29, 0.717) is 6.79 Å². The standard InChI is InChI=1S/C12H17NO2/c1-12(2,13-3)7-9-4-5-10-11(6-9)15-8-14-10/h4-6,13H,7-8H2,1-3H3. The molecule has 82 valence electrons. The van der Waals surface area contributed by atoms with Gasteiger partial charge in [0.05, 0.1) is 0 Å². The minimum absolute atomic E-state index is 0.105. The molecule has 0 atom stereocenters. The molecule has 1 N–H and O–H groups in total. The van der Waals surface area contributed by atoms with Gasteiger partial charge in [0.1, 0.15) is 0 Å². The van der Waals surface area contributed by atoms with E-state index in [0.717, 1.165) is 17.9 Å². The molecule has 0 radical (unpaired) electrons. The van der Waals surface area contributed by atoms with Gasteiger partial charge >= 0.3 is 0 Å². The summed E-state index contributed by atoms with van der Waals surface area (Å²) in [4.78, 5) is 0. The third-order valence-electron chi connectivity index (χ3n) is 2.76. The molecule has 1 aromatic carbocycles. The van der Waals surface area contributed by atoms with E-state index >= 15 is 0 Å². The Morgan fingerprint density at radius 1 is 1.27 bits per heavy atom. The molecule has 1 aromatic rings. The van der Waals surface area contributed by atoms with E-state index in [-0.39, 0.29) is 5.54 Å². The first-order valence-corrected chi connectivity index (χ1v) is 5.18. The van der Waals surface area contributed by atoms with Gasteiger partial charge in [-0.05, 0) is 45.0 Å². The first kappa shape index (κ1) is 10.3. The molecule has 0 saturated heterocycles. The van der Waals surface area contributed by atoms with Crippen LogP contribution in [0.15, 0.2) is 18.2 Å². The second-order valence-electron chi connectivity index (χ2n) is 4.50. The average Bonchev–Trinajstić information content (AvgIpc) is 2.64. The lowest BCUT2D eigenvalue weighted by molar-refractivity contribution is 0.174. The Hall–Kier alpha value is -1.22. The Morgan fingerprint density at radius 2 is 2.00 bits per heavy atom. The summed E-state index contributed by atoms with van der Waals surface area (Å²) >= 11 is 0. The van der Waals surface area contributed by atoms with Gasteiger partial charge in [-0.3, -0.25) is 0 Å². The molecule has 0 saturated carbocycles. The van der Waals surface area contributed by atoms with Crippen LogP contribution in [-0.2, 0) is 6.42 Å². The van der Waals surface area contributed by atoms with Gasteiger partial charge in [-0.1, -0.05) is 6.07 Å². The Bertz CT molecular complexity index is 361. The van der Waals surface area contributed by atoms with Crippen molar-refractivity contribution in [1.29, 1.82) is 0 Å². The summed E-state index contributed by atoms with van der Waals surface area (Å²) in [5.41, 5.74) is 1.37. The van der Waals surface area contributed by atoms with Crippen molar-refractivity contribution < 1.29 is 9.47 Å². The summed E-state index contributed by atoms with van der Waals surface area (Å²) in [5.74, 6) is 1.71. The van der Waals surface area contributed by atoms with Crippen molar-refractivity contribution in [2.45, 2.75) is 25.8 Å². The maximum absolute atomic E-state index is 5.34. The van der Waals surface area contributed by atoms with Crippen LogP contribution < -0.4 is 14.8 Å². The van der Waals surface area contributed by atoms with Gasteiger partial charge in [0.2, 0.25) is 6.79 Å². The van der Waals surface area contributed by atoms with Crippen LogP contribution in [0.3, 0.4) is 0 Å². The van der Waals surface area contributed by atoms with Crippen molar-refractivity contribution in [1.82, 2.24) is 5.32 Å². The van der Waals surface area contributed by atoms with E-state index in [1.165, 1.54) is 5.56 Å². The van der Waals surface area contributed by atoms with Crippen molar-refractivity contribution in [3.05, 3.63) is 23.8 Å². The van der Waals surface area contributed by atoms with Crippen LogP contribution in [-0.4, -0.2) is 19.4 Å². The van der Waals surface area contributed by atoms with E-state index in [9.17, 15) is 0 Å². The van der Waals surface area contributed by atoms with Crippen LogP contribution in [0.5, 0.6) is 11.5 Å². The summed E-state index contributed by atoms with van der Waals surface area (Å²) in [6, 6.07) is 6.12. The molecule has 0 bridgehead atoms. The average molecular weight is 207 g/mol. The monoisotopic (exact) mass is 207 g/mol. The fraction of sp³-hybridized carbons (Fsp3) is 0.500. The zero-order valence-electron chi connectivity index (χ0n) is 9.46. The van der Waals surface area contributed by atoms with Crippen molar-refractivity contribution in [2.75, 3.05) is 13.8 Å². The Kier molecular flexibility index (Phi) is 2.57. The molecule has 0 aromatic heterocycles. The first-order valence-electron chi connectivity index (χ1n) is 5.18. The fourth-order valence-corrected chi connectivity index (χ4v) is 1.65. The van der Waals surface area contributed by atoms with Crippen molar-refractivity contribution >= 4 is 0 Å². The molecule has 0 spiro atoms. The van der Waals surface area contributed by atoms with Gasteiger partial charge < -0.3 is 14.8 Å². The lowest BCUT2D eigenvalue weighted by Gasteiger charge is -2.24. The van der Waals surface area contributed by atoms with E-state index in [4.69, 9.17) is 9.47 Å².